The van der Waals surface area contributed by atoms with Crippen LogP contribution in [-0.4, -0.2) is 9.78 Å². The van der Waals surface area contributed by atoms with Gasteiger partial charge in [0.05, 0.1) is 5.52 Å². The molecule has 0 bridgehead atoms. The van der Waals surface area contributed by atoms with Crippen LogP contribution < -0.4 is 0 Å². The summed E-state index contributed by atoms with van der Waals surface area (Å²) in [6.45, 7) is 6.44. The Kier molecular flexibility index (Phi) is 8.01. The maximum atomic E-state index is 4.93. The van der Waals surface area contributed by atoms with Crippen LogP contribution in [0.1, 0.15) is 27.2 Å². The fourth-order valence-electron chi connectivity index (χ4n) is 3.21. The predicted molar refractivity (Wildman–Crippen MR) is 121 cm³/mol. The minimum absolute atomic E-state index is 0.826. The van der Waals surface area contributed by atoms with Gasteiger partial charge in [-0.05, 0) is 11.8 Å². The van der Waals surface area contributed by atoms with Gasteiger partial charge in [-0.3, -0.25) is 10.8 Å². The minimum atomic E-state index is -0.826. The van der Waals surface area contributed by atoms with Gasteiger partial charge in [-0.2, -0.15) is 16.2 Å². The molecule has 146 valence electrons. The van der Waals surface area contributed by atoms with Gasteiger partial charge >= 0.3 is 37.9 Å². The van der Waals surface area contributed by atoms with Crippen LogP contribution in [0.25, 0.3) is 27.4 Å². The molecule has 0 N–H and O–H groups in total. The van der Waals surface area contributed by atoms with Gasteiger partial charge in [0, 0.05) is 11.6 Å². The second-order valence-electron chi connectivity index (χ2n) is 6.93. The third kappa shape index (κ3) is 5.54. The number of allylic oxidation sites excluding steroid dienone is 4. The van der Waals surface area contributed by atoms with Gasteiger partial charge in [-0.1, -0.05) is 38.1 Å². The van der Waals surface area contributed by atoms with Crippen molar-refractivity contribution in [2.75, 3.05) is 0 Å². The van der Waals surface area contributed by atoms with Crippen molar-refractivity contribution in [3.8, 4) is 5.69 Å². The van der Waals surface area contributed by atoms with Crippen LogP contribution >= 0.6 is 17.0 Å². The van der Waals surface area contributed by atoms with Crippen molar-refractivity contribution in [1.29, 1.82) is 0 Å². The summed E-state index contributed by atoms with van der Waals surface area (Å²) >= 11 is -0.826. The summed E-state index contributed by atoms with van der Waals surface area (Å²) in [5, 5.41) is 8.28. The molecule has 1 aliphatic carbocycles. The second kappa shape index (κ2) is 10.5. The first-order valence-electron chi connectivity index (χ1n) is 9.34. The number of rotatable bonds is 1. The standard InChI is InChI=1S/C16H11N2.C8H11.2ClH.Zr/c1-2-6-13-10-15(9-12(13)5-1)18-11-14-7-3-4-8-16(14)17-18;1-6-4-5-7(2)8(6)3;;;/h1-11H;4H2,1-3H3;2*1H;/q2*-1;;;+4/p-2. The Labute approximate surface area is 190 Å². The molecule has 0 amide bonds. The molecule has 1 heterocycles. The summed E-state index contributed by atoms with van der Waals surface area (Å²) in [5.74, 6) is 0. The minimum Gasteiger partial charge on any atom is -0.259 e. The van der Waals surface area contributed by atoms with Crippen molar-refractivity contribution in [2.24, 2.45) is 0 Å². The van der Waals surface area contributed by atoms with Gasteiger partial charge in [0.25, 0.3) is 0 Å². The van der Waals surface area contributed by atoms with Crippen LogP contribution in [0.3, 0.4) is 0 Å². The molecule has 0 fully saturated rings. The summed E-state index contributed by atoms with van der Waals surface area (Å²) in [4.78, 5) is 0. The molecule has 5 heteroatoms. The summed E-state index contributed by atoms with van der Waals surface area (Å²) < 4.78 is 1.95. The summed E-state index contributed by atoms with van der Waals surface area (Å²) in [5.41, 5.74) is 6.39. The molecule has 0 radical (unpaired) electrons. The van der Waals surface area contributed by atoms with E-state index in [2.05, 4.69) is 80.6 Å². The molecular formula is C24H22Cl2N2Zr. The number of halogens is 2. The molecule has 3 aromatic carbocycles. The first-order valence-corrected chi connectivity index (χ1v) is 15.7. The molecule has 1 aliphatic rings. The predicted octanol–water partition coefficient (Wildman–Crippen LogP) is 7.75. The van der Waals surface area contributed by atoms with Crippen molar-refractivity contribution in [2.45, 2.75) is 27.2 Å². The van der Waals surface area contributed by atoms with Crippen LogP contribution in [0.4, 0.5) is 0 Å². The molecule has 0 spiro atoms. The number of hydrogen-bond acceptors (Lipinski definition) is 1. The zero-order chi connectivity index (χ0) is 20.8. The van der Waals surface area contributed by atoms with Crippen molar-refractivity contribution in [3.63, 3.8) is 0 Å². The van der Waals surface area contributed by atoms with E-state index >= 15 is 0 Å². The quantitative estimate of drug-likeness (QED) is 0.244. The van der Waals surface area contributed by atoms with E-state index in [1.165, 1.54) is 32.9 Å². The molecule has 29 heavy (non-hydrogen) atoms. The Balaban J connectivity index is 0.000000183. The van der Waals surface area contributed by atoms with Gasteiger partial charge in [-0.25, -0.2) is 5.57 Å². The molecule has 1 aromatic heterocycles. The van der Waals surface area contributed by atoms with Crippen molar-refractivity contribution >= 4 is 38.7 Å². The fourth-order valence-corrected chi connectivity index (χ4v) is 3.21. The van der Waals surface area contributed by atoms with Gasteiger partial charge in [0.1, 0.15) is 0 Å². The zero-order valence-electron chi connectivity index (χ0n) is 16.7. The summed E-state index contributed by atoms with van der Waals surface area (Å²) in [7, 11) is 9.87. The molecule has 0 atom stereocenters. The summed E-state index contributed by atoms with van der Waals surface area (Å²) in [6, 6.07) is 20.9. The van der Waals surface area contributed by atoms with Crippen LogP contribution in [0.15, 0.2) is 83.6 Å². The van der Waals surface area contributed by atoms with Crippen molar-refractivity contribution < 1.29 is 20.8 Å². The number of nitrogens with zero attached hydrogens (tertiary/aromatic N) is 2. The van der Waals surface area contributed by atoms with Crippen molar-refractivity contribution in [1.82, 2.24) is 9.78 Å². The Hall–Kier alpha value is -1.54. The Morgan fingerprint density at radius 3 is 2.21 bits per heavy atom. The topological polar surface area (TPSA) is 17.8 Å². The van der Waals surface area contributed by atoms with Gasteiger partial charge in [0.15, 0.2) is 0 Å². The van der Waals surface area contributed by atoms with E-state index < -0.39 is 20.8 Å². The molecule has 0 saturated carbocycles. The van der Waals surface area contributed by atoms with E-state index in [9.17, 15) is 0 Å². The van der Waals surface area contributed by atoms with Gasteiger partial charge in [-0.15, -0.1) is 54.4 Å². The van der Waals surface area contributed by atoms with Crippen LogP contribution in [0.5, 0.6) is 0 Å². The SMILES string of the molecule is CC1=[C-]CC(C)=C1C.[Cl][Zr+2][Cl].c1ccc2[cH-]c(-n3cc4ccccc4n3)cc2c1. The van der Waals surface area contributed by atoms with Gasteiger partial charge < -0.3 is 0 Å². The molecule has 0 aliphatic heterocycles. The van der Waals surface area contributed by atoms with E-state index in [1.807, 2.05) is 22.9 Å². The van der Waals surface area contributed by atoms with Crippen LogP contribution in [0.2, 0.25) is 0 Å². The average molecular weight is 501 g/mol. The largest absolute Gasteiger partial charge is 0.259 e. The maximum Gasteiger partial charge on any atom is 0.0927 e. The maximum absolute atomic E-state index is 4.93. The Morgan fingerprint density at radius 1 is 1.00 bits per heavy atom. The molecule has 5 rings (SSSR count). The monoisotopic (exact) mass is 498 g/mol. The molecular weight excluding hydrogens is 478 g/mol. The summed E-state index contributed by atoms with van der Waals surface area (Å²) in [6.07, 6.45) is 6.39. The third-order valence-electron chi connectivity index (χ3n) is 5.10. The number of aromatic nitrogens is 2. The fraction of sp³-hybridized carbons (Fsp3) is 0.167. The van der Waals surface area contributed by atoms with Crippen LogP contribution in [-0.2, 0) is 20.8 Å². The molecule has 0 unspecified atom stereocenters. The Morgan fingerprint density at radius 2 is 1.66 bits per heavy atom. The number of benzene rings is 2. The third-order valence-corrected chi connectivity index (χ3v) is 5.10. The molecule has 2 nitrogen and oxygen atoms in total. The smallest absolute Gasteiger partial charge is 0.0927 e. The van der Waals surface area contributed by atoms with E-state index in [4.69, 9.17) is 17.0 Å². The second-order valence-corrected chi connectivity index (χ2v) is 10.7. The van der Waals surface area contributed by atoms with Crippen molar-refractivity contribution in [3.05, 3.63) is 89.7 Å². The van der Waals surface area contributed by atoms with E-state index in [0.717, 1.165) is 17.6 Å². The number of fused-ring (bicyclic) bond motifs is 2. The Bertz CT molecular complexity index is 1020. The first-order chi connectivity index (χ1) is 14.0. The number of hydrogen-bond donors (Lipinski definition) is 0. The average Bonchev–Trinajstić information content (AvgIpc) is 3.42. The zero-order valence-corrected chi connectivity index (χ0v) is 20.7. The molecule has 4 aromatic rings. The van der Waals surface area contributed by atoms with E-state index in [1.54, 1.807) is 0 Å². The van der Waals surface area contributed by atoms with Crippen LogP contribution in [0, 0.1) is 6.08 Å². The normalized spacial score (nSPS) is 12.8. The van der Waals surface area contributed by atoms with E-state index in [0.29, 0.717) is 0 Å². The van der Waals surface area contributed by atoms with Gasteiger partial charge in [0.2, 0.25) is 0 Å². The van der Waals surface area contributed by atoms with E-state index in [-0.39, 0.29) is 0 Å². The first kappa shape index (κ1) is 22.2. The molecule has 0 saturated heterocycles.